The Morgan fingerprint density at radius 3 is 2.39 bits per heavy atom. The second-order valence-electron chi connectivity index (χ2n) is 4.93. The third-order valence-electron chi connectivity index (χ3n) is 3.95. The summed E-state index contributed by atoms with van der Waals surface area (Å²) in [6.07, 6.45) is 4.40. The average Bonchev–Trinajstić information content (AvgIpc) is 2.76. The van der Waals surface area contributed by atoms with Crippen LogP contribution >= 0.6 is 0 Å². The van der Waals surface area contributed by atoms with Crippen LogP contribution in [0.2, 0.25) is 0 Å². The van der Waals surface area contributed by atoms with Gasteiger partial charge in [-0.25, -0.2) is 0 Å². The maximum atomic E-state index is 11.9. The Bertz CT molecular complexity index is 407. The van der Waals surface area contributed by atoms with Crippen molar-refractivity contribution in [2.45, 2.75) is 19.3 Å². The number of fused-ring (bicyclic) bond motifs is 1. The lowest BCUT2D eigenvalue weighted by Gasteiger charge is -2.22. The summed E-state index contributed by atoms with van der Waals surface area (Å²) < 4.78 is 9.49. The minimum Gasteiger partial charge on any atom is -0.468 e. The lowest BCUT2D eigenvalue weighted by molar-refractivity contribution is -0.169. The van der Waals surface area contributed by atoms with E-state index in [1.54, 1.807) is 6.08 Å². The van der Waals surface area contributed by atoms with Gasteiger partial charge in [-0.15, -0.1) is 0 Å². The molecule has 98 valence electrons. The highest BCUT2D eigenvalue weighted by Gasteiger charge is 2.57. The predicted octanol–water partition coefficient (Wildman–Crippen LogP) is 0.874. The Hall–Kier alpha value is -1.65. The number of carbonyl (C=O) groups is 3. The Morgan fingerprint density at radius 2 is 1.83 bits per heavy atom. The van der Waals surface area contributed by atoms with Crippen LogP contribution in [-0.2, 0) is 23.9 Å². The van der Waals surface area contributed by atoms with Crippen LogP contribution in [0.25, 0.3) is 0 Å². The van der Waals surface area contributed by atoms with Gasteiger partial charge in [-0.3, -0.25) is 14.4 Å². The van der Waals surface area contributed by atoms with Crippen molar-refractivity contribution < 1.29 is 23.9 Å². The molecule has 0 aromatic rings. The molecule has 0 saturated heterocycles. The second-order valence-corrected chi connectivity index (χ2v) is 4.93. The van der Waals surface area contributed by atoms with Crippen molar-refractivity contribution in [2.75, 3.05) is 14.2 Å². The number of carbonyl (C=O) groups excluding carboxylic acids is 3. The Kier molecular flexibility index (Phi) is 3.24. The summed E-state index contributed by atoms with van der Waals surface area (Å²) in [5.74, 6) is -0.988. The molecule has 0 N–H and O–H groups in total. The van der Waals surface area contributed by atoms with Crippen LogP contribution in [0.4, 0.5) is 0 Å². The smallest absolute Gasteiger partial charge is 0.323 e. The van der Waals surface area contributed by atoms with Crippen LogP contribution in [0.15, 0.2) is 12.2 Å². The van der Waals surface area contributed by atoms with Crippen LogP contribution in [0, 0.1) is 17.3 Å². The minimum absolute atomic E-state index is 0.0284. The second kappa shape index (κ2) is 4.55. The molecule has 0 unspecified atom stereocenters. The number of ether oxygens (including phenoxy) is 2. The van der Waals surface area contributed by atoms with E-state index < -0.39 is 17.4 Å². The van der Waals surface area contributed by atoms with E-state index >= 15 is 0 Å². The van der Waals surface area contributed by atoms with Gasteiger partial charge < -0.3 is 9.47 Å². The molecule has 1 saturated carbocycles. The normalized spacial score (nSPS) is 28.7. The standard InChI is InChI=1S/C13H16O5/c1-17-11(15)13(12(16)18-2)6-8-3-4-10(14)5-9(8)7-13/h3-4,8-9H,5-7H2,1-2H3/t8-,9-/m0/s1. The van der Waals surface area contributed by atoms with Crippen molar-refractivity contribution in [2.24, 2.45) is 17.3 Å². The third kappa shape index (κ3) is 1.83. The quantitative estimate of drug-likeness (QED) is 0.539. The van der Waals surface area contributed by atoms with Crippen LogP contribution in [-0.4, -0.2) is 31.9 Å². The molecular weight excluding hydrogens is 236 g/mol. The maximum absolute atomic E-state index is 11.9. The molecule has 1 fully saturated rings. The molecule has 0 amide bonds. The van der Waals surface area contributed by atoms with Crippen molar-refractivity contribution in [3.8, 4) is 0 Å². The first-order valence-corrected chi connectivity index (χ1v) is 5.91. The van der Waals surface area contributed by atoms with Gasteiger partial charge in [0, 0.05) is 6.42 Å². The topological polar surface area (TPSA) is 69.7 Å². The largest absolute Gasteiger partial charge is 0.468 e. The molecule has 5 heteroatoms. The van der Waals surface area contributed by atoms with E-state index in [1.165, 1.54) is 20.3 Å². The highest BCUT2D eigenvalue weighted by Crippen LogP contribution is 2.50. The summed E-state index contributed by atoms with van der Waals surface area (Å²) in [4.78, 5) is 35.2. The molecule has 5 nitrogen and oxygen atoms in total. The Morgan fingerprint density at radius 1 is 1.22 bits per heavy atom. The van der Waals surface area contributed by atoms with Gasteiger partial charge in [-0.1, -0.05) is 6.08 Å². The van der Waals surface area contributed by atoms with Gasteiger partial charge in [0.25, 0.3) is 0 Å². The fourth-order valence-corrected chi connectivity index (χ4v) is 3.06. The van der Waals surface area contributed by atoms with Crippen LogP contribution in [0.1, 0.15) is 19.3 Å². The summed E-state index contributed by atoms with van der Waals surface area (Å²) in [7, 11) is 2.52. The average molecular weight is 252 g/mol. The molecule has 18 heavy (non-hydrogen) atoms. The van der Waals surface area contributed by atoms with E-state index in [0.717, 1.165) is 0 Å². The number of hydrogen-bond acceptors (Lipinski definition) is 5. The summed E-state index contributed by atoms with van der Waals surface area (Å²) in [5, 5.41) is 0. The molecule has 0 aromatic heterocycles. The molecule has 0 heterocycles. The van der Waals surface area contributed by atoms with Gasteiger partial charge in [0.15, 0.2) is 11.2 Å². The van der Waals surface area contributed by atoms with Gasteiger partial charge in [-0.05, 0) is 30.8 Å². The highest BCUT2D eigenvalue weighted by atomic mass is 16.5. The van der Waals surface area contributed by atoms with E-state index in [-0.39, 0.29) is 17.6 Å². The number of allylic oxidation sites excluding steroid dienone is 2. The zero-order chi connectivity index (χ0) is 13.3. The van der Waals surface area contributed by atoms with E-state index in [2.05, 4.69) is 0 Å². The number of esters is 2. The van der Waals surface area contributed by atoms with E-state index in [0.29, 0.717) is 19.3 Å². The van der Waals surface area contributed by atoms with E-state index in [1.807, 2.05) is 0 Å². The van der Waals surface area contributed by atoms with E-state index in [4.69, 9.17) is 9.47 Å². The zero-order valence-corrected chi connectivity index (χ0v) is 10.5. The number of rotatable bonds is 2. The first kappa shape index (κ1) is 12.8. The van der Waals surface area contributed by atoms with Crippen LogP contribution in [0.5, 0.6) is 0 Å². The van der Waals surface area contributed by atoms with Crippen molar-refractivity contribution >= 4 is 17.7 Å². The van der Waals surface area contributed by atoms with Crippen molar-refractivity contribution in [1.29, 1.82) is 0 Å². The van der Waals surface area contributed by atoms with Gasteiger partial charge in [-0.2, -0.15) is 0 Å². The molecule has 0 aliphatic heterocycles. The molecule has 0 bridgehead atoms. The lowest BCUT2D eigenvalue weighted by atomic mass is 9.84. The summed E-state index contributed by atoms with van der Waals surface area (Å²) in [6.45, 7) is 0. The van der Waals surface area contributed by atoms with Gasteiger partial charge in [0.2, 0.25) is 0 Å². The predicted molar refractivity (Wildman–Crippen MR) is 61.4 cm³/mol. The number of ketones is 1. The summed E-state index contributed by atoms with van der Waals surface area (Å²) in [6, 6.07) is 0. The lowest BCUT2D eigenvalue weighted by Crippen LogP contribution is -2.39. The Labute approximate surface area is 105 Å². The minimum atomic E-state index is -1.24. The molecular formula is C13H16O5. The SMILES string of the molecule is COC(=O)C1(C(=O)OC)C[C@@H]2CC(=O)C=C[C@H]2C1. The van der Waals surface area contributed by atoms with Crippen LogP contribution in [0.3, 0.4) is 0 Å². The molecule has 2 aliphatic carbocycles. The van der Waals surface area contributed by atoms with Crippen molar-refractivity contribution in [3.63, 3.8) is 0 Å². The fraction of sp³-hybridized carbons (Fsp3) is 0.615. The Balaban J connectivity index is 2.30. The molecule has 0 aromatic carbocycles. The highest BCUT2D eigenvalue weighted by molar-refractivity contribution is 6.01. The fourth-order valence-electron chi connectivity index (χ4n) is 3.06. The molecule has 2 rings (SSSR count). The van der Waals surface area contributed by atoms with Gasteiger partial charge in [0.1, 0.15) is 0 Å². The summed E-state index contributed by atoms with van der Waals surface area (Å²) >= 11 is 0. The monoisotopic (exact) mass is 252 g/mol. The summed E-state index contributed by atoms with van der Waals surface area (Å²) in [5.41, 5.74) is -1.24. The number of methoxy groups -OCH3 is 2. The van der Waals surface area contributed by atoms with Crippen molar-refractivity contribution in [1.82, 2.24) is 0 Å². The third-order valence-corrected chi connectivity index (χ3v) is 3.95. The zero-order valence-electron chi connectivity index (χ0n) is 10.5. The van der Waals surface area contributed by atoms with Crippen LogP contribution < -0.4 is 0 Å². The van der Waals surface area contributed by atoms with Gasteiger partial charge >= 0.3 is 11.9 Å². The van der Waals surface area contributed by atoms with Gasteiger partial charge in [0.05, 0.1) is 14.2 Å². The molecule has 2 aliphatic rings. The molecule has 0 radical (unpaired) electrons. The first-order valence-electron chi connectivity index (χ1n) is 5.91. The van der Waals surface area contributed by atoms with Crippen molar-refractivity contribution in [3.05, 3.63) is 12.2 Å². The van der Waals surface area contributed by atoms with E-state index in [9.17, 15) is 14.4 Å². The maximum Gasteiger partial charge on any atom is 0.323 e. The molecule has 2 atom stereocenters. The first-order chi connectivity index (χ1) is 8.53. The number of hydrogen-bond donors (Lipinski definition) is 0. The molecule has 0 spiro atoms.